The van der Waals surface area contributed by atoms with Crippen LogP contribution in [0.15, 0.2) is 34.7 Å². The fraction of sp³-hybridized carbons (Fsp3) is 0.182. The van der Waals surface area contributed by atoms with Crippen LogP contribution in [0.25, 0.3) is 0 Å². The molecule has 0 aliphatic rings. The van der Waals surface area contributed by atoms with Crippen molar-refractivity contribution < 1.29 is 8.42 Å². The summed E-state index contributed by atoms with van der Waals surface area (Å²) in [6.07, 6.45) is 1.64. The van der Waals surface area contributed by atoms with E-state index < -0.39 is 10.0 Å². The van der Waals surface area contributed by atoms with Crippen molar-refractivity contribution in [3.8, 4) is 0 Å². The number of nitrogens with one attached hydrogen (secondary N) is 1. The van der Waals surface area contributed by atoms with E-state index in [1.54, 1.807) is 17.6 Å². The molecule has 7 heteroatoms. The molecule has 0 aliphatic heterocycles. The quantitative estimate of drug-likeness (QED) is 0.833. The maximum Gasteiger partial charge on any atom is 0.241 e. The van der Waals surface area contributed by atoms with Gasteiger partial charge in [0.2, 0.25) is 10.0 Å². The second kappa shape index (κ2) is 5.05. The molecule has 1 heterocycles. The number of sulfonamides is 1. The van der Waals surface area contributed by atoms with E-state index in [1.807, 2.05) is 6.92 Å². The number of hydrogen-bond acceptors (Lipinski definition) is 5. The predicted octanol–water partition coefficient (Wildman–Crippen LogP) is 1.51. The predicted molar refractivity (Wildman–Crippen MR) is 71.7 cm³/mol. The molecule has 0 saturated carbocycles. The highest BCUT2D eigenvalue weighted by atomic mass is 32.2. The van der Waals surface area contributed by atoms with Gasteiger partial charge in [0.15, 0.2) is 0 Å². The maximum atomic E-state index is 12.0. The normalized spacial score (nSPS) is 11.6. The Balaban J connectivity index is 2.17. The number of aromatic nitrogens is 1. The van der Waals surface area contributed by atoms with Crippen LogP contribution < -0.4 is 10.5 Å². The van der Waals surface area contributed by atoms with Crippen molar-refractivity contribution in [3.05, 3.63) is 40.3 Å². The zero-order valence-corrected chi connectivity index (χ0v) is 11.4. The van der Waals surface area contributed by atoms with Gasteiger partial charge in [-0.05, 0) is 24.6 Å². The van der Waals surface area contributed by atoms with E-state index in [-0.39, 0.29) is 11.4 Å². The van der Waals surface area contributed by atoms with Gasteiger partial charge < -0.3 is 5.73 Å². The van der Waals surface area contributed by atoms with Gasteiger partial charge in [-0.2, -0.15) is 0 Å². The van der Waals surface area contributed by atoms with E-state index >= 15 is 0 Å². The number of nitrogens with two attached hydrogens (primary N) is 1. The van der Waals surface area contributed by atoms with Crippen molar-refractivity contribution in [3.63, 3.8) is 0 Å². The zero-order valence-electron chi connectivity index (χ0n) is 9.75. The Labute approximate surface area is 110 Å². The first kappa shape index (κ1) is 13.0. The molecule has 18 heavy (non-hydrogen) atoms. The van der Waals surface area contributed by atoms with Crippen LogP contribution in [-0.4, -0.2) is 13.4 Å². The van der Waals surface area contributed by atoms with Crippen molar-refractivity contribution in [2.75, 3.05) is 5.73 Å². The Bertz CT molecular complexity index is 636. The molecule has 0 atom stereocenters. The second-order valence-corrected chi connectivity index (χ2v) is 6.51. The van der Waals surface area contributed by atoms with E-state index in [0.29, 0.717) is 5.69 Å². The molecule has 0 saturated heterocycles. The monoisotopic (exact) mass is 283 g/mol. The Morgan fingerprint density at radius 3 is 2.83 bits per heavy atom. The Kier molecular flexibility index (Phi) is 3.65. The zero-order chi connectivity index (χ0) is 13.2. The minimum absolute atomic E-state index is 0.169. The molecule has 1 aromatic carbocycles. The summed E-state index contributed by atoms with van der Waals surface area (Å²) in [5, 5.41) is 2.52. The highest BCUT2D eigenvalue weighted by Gasteiger charge is 2.14. The van der Waals surface area contributed by atoms with Gasteiger partial charge in [0, 0.05) is 17.3 Å². The van der Waals surface area contributed by atoms with E-state index in [2.05, 4.69) is 9.71 Å². The number of thiazole rings is 1. The first-order valence-corrected chi connectivity index (χ1v) is 7.59. The Hall–Kier alpha value is -1.44. The smallest absolute Gasteiger partial charge is 0.241 e. The van der Waals surface area contributed by atoms with Crippen molar-refractivity contribution in [1.29, 1.82) is 0 Å². The van der Waals surface area contributed by atoms with Crippen LogP contribution in [0, 0.1) is 6.92 Å². The topological polar surface area (TPSA) is 85.1 Å². The van der Waals surface area contributed by atoms with Gasteiger partial charge in [-0.25, -0.2) is 18.1 Å². The van der Waals surface area contributed by atoms with Crippen LogP contribution in [-0.2, 0) is 16.6 Å². The van der Waals surface area contributed by atoms with Gasteiger partial charge >= 0.3 is 0 Å². The van der Waals surface area contributed by atoms with Crippen LogP contribution in [0.5, 0.6) is 0 Å². The highest BCUT2D eigenvalue weighted by Crippen LogP contribution is 2.17. The van der Waals surface area contributed by atoms with E-state index in [1.165, 1.54) is 23.5 Å². The molecule has 0 aliphatic carbocycles. The minimum Gasteiger partial charge on any atom is -0.398 e. The first-order valence-electron chi connectivity index (χ1n) is 5.23. The molecule has 0 bridgehead atoms. The lowest BCUT2D eigenvalue weighted by molar-refractivity contribution is 0.581. The van der Waals surface area contributed by atoms with Crippen LogP contribution in [0.1, 0.15) is 10.6 Å². The molecule has 0 spiro atoms. The van der Waals surface area contributed by atoms with Crippen molar-refractivity contribution in [2.45, 2.75) is 18.4 Å². The molecular weight excluding hydrogens is 270 g/mol. The van der Waals surface area contributed by atoms with E-state index in [9.17, 15) is 8.42 Å². The molecule has 2 aromatic rings. The van der Waals surface area contributed by atoms with Gasteiger partial charge in [-0.1, -0.05) is 6.07 Å². The van der Waals surface area contributed by atoms with Crippen LogP contribution in [0.4, 0.5) is 5.69 Å². The summed E-state index contributed by atoms with van der Waals surface area (Å²) in [7, 11) is -3.54. The number of nitrogens with zero attached hydrogens (tertiary/aromatic N) is 1. The van der Waals surface area contributed by atoms with Crippen molar-refractivity contribution in [1.82, 2.24) is 9.71 Å². The lowest BCUT2D eigenvalue weighted by atomic mass is 10.2. The highest BCUT2D eigenvalue weighted by molar-refractivity contribution is 7.89. The number of benzene rings is 1. The fourth-order valence-electron chi connectivity index (χ4n) is 1.37. The molecule has 2 rings (SSSR count). The summed E-state index contributed by atoms with van der Waals surface area (Å²) in [5.74, 6) is 0. The summed E-state index contributed by atoms with van der Waals surface area (Å²) < 4.78 is 26.5. The molecule has 0 unspecified atom stereocenters. The number of nitrogen functional groups attached to an aromatic ring is 1. The van der Waals surface area contributed by atoms with Gasteiger partial charge in [0.05, 0.1) is 11.4 Å². The molecule has 1 aromatic heterocycles. The average molecular weight is 283 g/mol. The number of anilines is 1. The number of hydrogen-bond donors (Lipinski definition) is 2. The lowest BCUT2D eigenvalue weighted by Crippen LogP contribution is -2.23. The summed E-state index contributed by atoms with van der Waals surface area (Å²) >= 11 is 1.40. The maximum absolute atomic E-state index is 12.0. The summed E-state index contributed by atoms with van der Waals surface area (Å²) in [6.45, 7) is 2.02. The molecular formula is C11H13N3O2S2. The SMILES string of the molecule is Cc1ccc(S(=O)(=O)NCc2nccs2)cc1N. The van der Waals surface area contributed by atoms with Gasteiger partial charge in [0.1, 0.15) is 5.01 Å². The molecule has 3 N–H and O–H groups in total. The third-order valence-corrected chi connectivity index (χ3v) is 4.64. The Morgan fingerprint density at radius 2 is 2.22 bits per heavy atom. The first-order chi connectivity index (χ1) is 8.49. The van der Waals surface area contributed by atoms with Gasteiger partial charge in [0.25, 0.3) is 0 Å². The van der Waals surface area contributed by atoms with E-state index in [0.717, 1.165) is 10.6 Å². The third kappa shape index (κ3) is 2.87. The average Bonchev–Trinajstić information content (AvgIpc) is 2.83. The summed E-state index contributed by atoms with van der Waals surface area (Å²) in [6, 6.07) is 4.68. The molecule has 0 radical (unpaired) electrons. The summed E-state index contributed by atoms with van der Waals surface area (Å²) in [5.41, 5.74) is 7.03. The van der Waals surface area contributed by atoms with Crippen LogP contribution in [0.2, 0.25) is 0 Å². The van der Waals surface area contributed by atoms with Gasteiger partial charge in [-0.15, -0.1) is 11.3 Å². The third-order valence-electron chi connectivity index (χ3n) is 2.46. The molecule has 0 amide bonds. The Morgan fingerprint density at radius 1 is 1.44 bits per heavy atom. The van der Waals surface area contributed by atoms with Crippen molar-refractivity contribution in [2.24, 2.45) is 0 Å². The fourth-order valence-corrected chi connectivity index (χ4v) is 3.04. The summed E-state index contributed by atoms with van der Waals surface area (Å²) in [4.78, 5) is 4.18. The largest absolute Gasteiger partial charge is 0.398 e. The second-order valence-electron chi connectivity index (χ2n) is 3.77. The van der Waals surface area contributed by atoms with Crippen molar-refractivity contribution >= 4 is 27.0 Å². The number of aryl methyl sites for hydroxylation is 1. The van der Waals surface area contributed by atoms with E-state index in [4.69, 9.17) is 5.73 Å². The number of rotatable bonds is 4. The molecule has 5 nitrogen and oxygen atoms in total. The standard InChI is InChI=1S/C11H13N3O2S2/c1-8-2-3-9(6-10(8)12)18(15,16)14-7-11-13-4-5-17-11/h2-6,14H,7,12H2,1H3. The lowest BCUT2D eigenvalue weighted by Gasteiger charge is -2.07. The van der Waals surface area contributed by atoms with Gasteiger partial charge in [-0.3, -0.25) is 0 Å². The molecule has 0 fully saturated rings. The molecule has 96 valence electrons. The minimum atomic E-state index is -3.54. The van der Waals surface area contributed by atoms with Crippen LogP contribution >= 0.6 is 11.3 Å². The van der Waals surface area contributed by atoms with Crippen LogP contribution in [0.3, 0.4) is 0 Å².